The topological polar surface area (TPSA) is 83.7 Å². The summed E-state index contributed by atoms with van der Waals surface area (Å²) in [5.41, 5.74) is 2.13. The summed E-state index contributed by atoms with van der Waals surface area (Å²) in [5, 5.41) is 8.02. The number of hydrogen-bond donors (Lipinski definition) is 1. The summed E-state index contributed by atoms with van der Waals surface area (Å²) in [4.78, 5) is 23.0. The Labute approximate surface area is 226 Å². The minimum atomic E-state index is 0.0445. The number of aryl methyl sites for hydroxylation is 1. The van der Waals surface area contributed by atoms with Gasteiger partial charge >= 0.3 is 0 Å². The molecule has 8 nitrogen and oxygen atoms in total. The van der Waals surface area contributed by atoms with Crippen LogP contribution in [0.4, 0.5) is 5.13 Å². The molecule has 1 saturated carbocycles. The molecule has 1 aliphatic carbocycles. The number of amides is 1. The number of thiazole rings is 1. The summed E-state index contributed by atoms with van der Waals surface area (Å²) < 4.78 is 10.5. The Morgan fingerprint density at radius 3 is 2.68 bits per heavy atom. The molecule has 0 spiro atoms. The van der Waals surface area contributed by atoms with Crippen molar-refractivity contribution in [2.45, 2.75) is 90.3 Å². The number of nitrogens with zero attached hydrogens (tertiary/aromatic N) is 4. The Morgan fingerprint density at radius 1 is 1.22 bits per heavy atom. The van der Waals surface area contributed by atoms with Crippen molar-refractivity contribution in [2.75, 3.05) is 38.2 Å². The van der Waals surface area contributed by atoms with E-state index in [1.165, 1.54) is 60.8 Å². The highest BCUT2D eigenvalue weighted by atomic mass is 32.1. The van der Waals surface area contributed by atoms with Gasteiger partial charge < -0.3 is 19.5 Å². The fourth-order valence-corrected chi connectivity index (χ4v) is 6.22. The number of nitrogens with one attached hydrogen (secondary N) is 1. The van der Waals surface area contributed by atoms with E-state index in [1.807, 2.05) is 25.4 Å². The average molecular weight is 530 g/mol. The predicted molar refractivity (Wildman–Crippen MR) is 149 cm³/mol. The first-order valence-corrected chi connectivity index (χ1v) is 14.4. The Balaban J connectivity index is 0.000000195. The molecule has 0 radical (unpaired) electrons. The Kier molecular flexibility index (Phi) is 11.9. The molecule has 2 aliphatic heterocycles. The van der Waals surface area contributed by atoms with Crippen LogP contribution < -0.4 is 10.2 Å². The number of terminal acetylenes is 1. The first-order chi connectivity index (χ1) is 18.0. The molecule has 2 aromatic rings. The number of rotatable bonds is 6. The van der Waals surface area contributed by atoms with Crippen molar-refractivity contribution in [2.24, 2.45) is 0 Å². The summed E-state index contributed by atoms with van der Waals surface area (Å²) >= 11 is 1.90. The lowest BCUT2D eigenvalue weighted by Crippen LogP contribution is -2.39. The summed E-state index contributed by atoms with van der Waals surface area (Å²) in [6, 6.07) is 2.17. The lowest BCUT2D eigenvalue weighted by Gasteiger charge is -2.31. The second-order valence-electron chi connectivity index (χ2n) is 9.94. The maximum absolute atomic E-state index is 11.7. The van der Waals surface area contributed by atoms with E-state index in [9.17, 15) is 4.79 Å². The molecule has 3 aliphatic rings. The van der Waals surface area contributed by atoms with Crippen LogP contribution in [0.15, 0.2) is 10.6 Å². The summed E-state index contributed by atoms with van der Waals surface area (Å²) in [6.07, 6.45) is 18.2. The van der Waals surface area contributed by atoms with E-state index in [1.54, 1.807) is 6.07 Å². The maximum Gasteiger partial charge on any atom is 0.227 e. The highest BCUT2D eigenvalue weighted by Gasteiger charge is 2.25. The number of hydrogen-bond acceptors (Lipinski definition) is 8. The van der Waals surface area contributed by atoms with Crippen molar-refractivity contribution < 1.29 is 14.1 Å². The van der Waals surface area contributed by atoms with Crippen LogP contribution in [0.3, 0.4) is 0 Å². The SMILES string of the molecule is C#C.CCN1CCc2sc(N3CCCC(OC)C3)nc2C1.Cc1cc(CC(=O)NC2CCCCC2)on1. The smallest absolute Gasteiger partial charge is 0.227 e. The van der Waals surface area contributed by atoms with E-state index in [2.05, 4.69) is 40.0 Å². The monoisotopic (exact) mass is 529 g/mol. The molecule has 1 atom stereocenters. The summed E-state index contributed by atoms with van der Waals surface area (Å²) in [7, 11) is 1.82. The molecule has 2 aromatic heterocycles. The zero-order valence-electron chi connectivity index (χ0n) is 22.7. The normalized spacial score (nSPS) is 20.1. The van der Waals surface area contributed by atoms with Gasteiger partial charge in [-0.1, -0.05) is 31.3 Å². The van der Waals surface area contributed by atoms with Crippen molar-refractivity contribution in [1.82, 2.24) is 20.4 Å². The Bertz CT molecular complexity index is 982. The number of carbonyl (C=O) groups excluding carboxylic acids is 1. The highest BCUT2D eigenvalue weighted by molar-refractivity contribution is 7.15. The number of methoxy groups -OCH3 is 1. The molecule has 1 saturated heterocycles. The molecular weight excluding hydrogens is 486 g/mol. The molecule has 0 bridgehead atoms. The van der Waals surface area contributed by atoms with E-state index >= 15 is 0 Å². The highest BCUT2D eigenvalue weighted by Crippen LogP contribution is 2.32. The van der Waals surface area contributed by atoms with Crippen LogP contribution in [0.1, 0.15) is 73.9 Å². The van der Waals surface area contributed by atoms with Crippen molar-refractivity contribution in [3.05, 3.63) is 28.1 Å². The van der Waals surface area contributed by atoms with Crippen LogP contribution in [0, 0.1) is 19.8 Å². The molecule has 204 valence electrons. The van der Waals surface area contributed by atoms with Gasteiger partial charge in [0.05, 0.1) is 23.9 Å². The molecular formula is C28H43N5O3S. The van der Waals surface area contributed by atoms with Crippen LogP contribution in [0.2, 0.25) is 0 Å². The maximum atomic E-state index is 11.7. The predicted octanol–water partition coefficient (Wildman–Crippen LogP) is 4.36. The third-order valence-corrected chi connectivity index (χ3v) is 8.42. The van der Waals surface area contributed by atoms with Gasteiger partial charge in [0, 0.05) is 50.3 Å². The third kappa shape index (κ3) is 8.84. The molecule has 1 N–H and O–H groups in total. The van der Waals surface area contributed by atoms with Gasteiger partial charge in [-0.05, 0) is 45.6 Å². The zero-order chi connectivity index (χ0) is 26.6. The van der Waals surface area contributed by atoms with Gasteiger partial charge in [0.2, 0.25) is 5.91 Å². The van der Waals surface area contributed by atoms with E-state index in [0.717, 1.165) is 44.7 Å². The minimum absolute atomic E-state index is 0.0445. The van der Waals surface area contributed by atoms with Crippen molar-refractivity contribution >= 4 is 22.4 Å². The number of likely N-dealkylation sites (N-methyl/N-ethyl adjacent to an activating group) is 1. The van der Waals surface area contributed by atoms with Crippen molar-refractivity contribution in [1.29, 1.82) is 0 Å². The standard InChI is InChI=1S/C14H23N3OS.C12H18N2O2.C2H2/c1-3-16-8-6-13-12(10-16)15-14(19-13)17-7-4-5-11(9-17)18-2;1-9-7-11(16-14-9)8-12(15)13-10-5-3-2-4-6-10;1-2/h11H,3-10H2,1-2H3;7,10H,2-6,8H2,1H3,(H,13,15);1-2H. The van der Waals surface area contributed by atoms with Crippen molar-refractivity contribution in [3.8, 4) is 12.8 Å². The number of aromatic nitrogens is 2. The van der Waals surface area contributed by atoms with Gasteiger partial charge in [0.1, 0.15) is 5.76 Å². The number of ether oxygens (including phenoxy) is 1. The summed E-state index contributed by atoms with van der Waals surface area (Å²) in [6.45, 7) is 9.56. The van der Waals surface area contributed by atoms with Gasteiger partial charge in [0.15, 0.2) is 5.13 Å². The number of anilines is 1. The van der Waals surface area contributed by atoms with Crippen LogP contribution in [0.5, 0.6) is 0 Å². The molecule has 37 heavy (non-hydrogen) atoms. The van der Waals surface area contributed by atoms with Crippen LogP contribution in [-0.2, 0) is 28.9 Å². The fraction of sp³-hybridized carbons (Fsp3) is 0.679. The van der Waals surface area contributed by atoms with E-state index < -0.39 is 0 Å². The number of carbonyl (C=O) groups is 1. The third-order valence-electron chi connectivity index (χ3n) is 7.21. The second-order valence-corrected chi connectivity index (χ2v) is 11.0. The second kappa shape index (κ2) is 15.1. The molecule has 5 rings (SSSR count). The molecule has 2 fully saturated rings. The quantitative estimate of drug-likeness (QED) is 0.557. The average Bonchev–Trinajstić information content (AvgIpc) is 3.56. The van der Waals surface area contributed by atoms with Gasteiger partial charge in [0.25, 0.3) is 0 Å². The molecule has 9 heteroatoms. The van der Waals surface area contributed by atoms with Crippen LogP contribution >= 0.6 is 11.3 Å². The molecule has 4 heterocycles. The lowest BCUT2D eigenvalue weighted by molar-refractivity contribution is -0.121. The molecule has 0 aromatic carbocycles. The fourth-order valence-electron chi connectivity index (χ4n) is 5.13. The zero-order valence-corrected chi connectivity index (χ0v) is 23.5. The number of fused-ring (bicyclic) bond motifs is 1. The molecule has 1 unspecified atom stereocenters. The minimum Gasteiger partial charge on any atom is -0.380 e. The van der Waals surface area contributed by atoms with Crippen molar-refractivity contribution in [3.63, 3.8) is 0 Å². The van der Waals surface area contributed by atoms with E-state index in [4.69, 9.17) is 14.2 Å². The Hall–Kier alpha value is -2.41. The summed E-state index contributed by atoms with van der Waals surface area (Å²) in [5.74, 6) is 0.689. The van der Waals surface area contributed by atoms with Gasteiger partial charge in [-0.3, -0.25) is 9.69 Å². The first-order valence-electron chi connectivity index (χ1n) is 13.6. The van der Waals surface area contributed by atoms with Crippen LogP contribution in [0.25, 0.3) is 0 Å². The largest absolute Gasteiger partial charge is 0.380 e. The van der Waals surface area contributed by atoms with Gasteiger partial charge in [-0.15, -0.1) is 24.2 Å². The van der Waals surface area contributed by atoms with E-state index in [-0.39, 0.29) is 5.91 Å². The van der Waals surface area contributed by atoms with Crippen LogP contribution in [-0.4, -0.2) is 66.4 Å². The molecule has 1 amide bonds. The van der Waals surface area contributed by atoms with Gasteiger partial charge in [-0.25, -0.2) is 4.98 Å². The number of piperidine rings is 1. The lowest BCUT2D eigenvalue weighted by atomic mass is 9.95. The Morgan fingerprint density at radius 2 is 2.00 bits per heavy atom. The van der Waals surface area contributed by atoms with E-state index in [0.29, 0.717) is 24.3 Å². The van der Waals surface area contributed by atoms with Gasteiger partial charge in [-0.2, -0.15) is 0 Å². The first kappa shape index (κ1) is 29.2.